The maximum absolute atomic E-state index is 5.53. The van der Waals surface area contributed by atoms with Gasteiger partial charge in [0.05, 0.1) is 5.71 Å². The molecule has 0 aliphatic heterocycles. The van der Waals surface area contributed by atoms with Crippen molar-refractivity contribution in [2.75, 3.05) is 13.2 Å². The van der Waals surface area contributed by atoms with Crippen molar-refractivity contribution in [3.05, 3.63) is 41.5 Å². The van der Waals surface area contributed by atoms with E-state index in [0.29, 0.717) is 12.6 Å². The molecule has 1 aromatic rings. The van der Waals surface area contributed by atoms with Crippen molar-refractivity contribution in [2.24, 2.45) is 5.16 Å². The minimum atomic E-state index is 0.489. The highest BCUT2D eigenvalue weighted by molar-refractivity contribution is 6.03. The second kappa shape index (κ2) is 9.42. The van der Waals surface area contributed by atoms with Gasteiger partial charge in [0.1, 0.15) is 6.61 Å². The summed E-state index contributed by atoms with van der Waals surface area (Å²) in [5.74, 6) is 0. The fourth-order valence-corrected chi connectivity index (χ4v) is 2.62. The zero-order valence-electron chi connectivity index (χ0n) is 13.8. The standard InChI is InChI=1S/C19H28N2O/c1-16(2)20-13-14-22-21-19-12-8-4-7-11-18(19)15-17-9-5-3-6-10-17/h3,5-6,9-10,15-16,20H,4,7-8,11-14H2,1-2H3/b18-15+,21-19-. The molecule has 120 valence electrons. The quantitative estimate of drug-likeness (QED) is 0.480. The van der Waals surface area contributed by atoms with Gasteiger partial charge in [-0.2, -0.15) is 0 Å². The van der Waals surface area contributed by atoms with Gasteiger partial charge in [-0.25, -0.2) is 0 Å². The van der Waals surface area contributed by atoms with E-state index in [-0.39, 0.29) is 0 Å². The predicted octanol–water partition coefficient (Wildman–Crippen LogP) is 4.40. The van der Waals surface area contributed by atoms with Gasteiger partial charge in [-0.05, 0) is 42.9 Å². The molecule has 0 amide bonds. The SMILES string of the molecule is CC(C)NCCO/N=C1/CCCCC/C1=C\c1ccccc1. The third kappa shape index (κ3) is 6.02. The molecule has 3 heteroatoms. The summed E-state index contributed by atoms with van der Waals surface area (Å²) in [7, 11) is 0. The Hall–Kier alpha value is -1.61. The molecular weight excluding hydrogens is 272 g/mol. The van der Waals surface area contributed by atoms with Crippen LogP contribution in [0.25, 0.3) is 6.08 Å². The van der Waals surface area contributed by atoms with Crippen LogP contribution >= 0.6 is 0 Å². The maximum atomic E-state index is 5.53. The lowest BCUT2D eigenvalue weighted by Gasteiger charge is -2.09. The molecule has 22 heavy (non-hydrogen) atoms. The number of nitrogens with zero attached hydrogens (tertiary/aromatic N) is 1. The average Bonchev–Trinajstić information content (AvgIpc) is 2.73. The fraction of sp³-hybridized carbons (Fsp3) is 0.526. The summed E-state index contributed by atoms with van der Waals surface area (Å²) >= 11 is 0. The van der Waals surface area contributed by atoms with Gasteiger partial charge in [0.25, 0.3) is 0 Å². The zero-order chi connectivity index (χ0) is 15.6. The van der Waals surface area contributed by atoms with Crippen molar-refractivity contribution in [1.29, 1.82) is 0 Å². The van der Waals surface area contributed by atoms with Crippen LogP contribution in [0.1, 0.15) is 51.5 Å². The number of hydrogen-bond donors (Lipinski definition) is 1. The summed E-state index contributed by atoms with van der Waals surface area (Å²) in [4.78, 5) is 5.53. The molecule has 0 heterocycles. The van der Waals surface area contributed by atoms with Gasteiger partial charge >= 0.3 is 0 Å². The Kier molecular flexibility index (Phi) is 7.17. The van der Waals surface area contributed by atoms with E-state index in [4.69, 9.17) is 4.84 Å². The van der Waals surface area contributed by atoms with Crippen molar-refractivity contribution in [1.82, 2.24) is 5.32 Å². The third-order valence-corrected chi connectivity index (χ3v) is 3.79. The van der Waals surface area contributed by atoms with E-state index in [9.17, 15) is 0 Å². The van der Waals surface area contributed by atoms with Gasteiger partial charge in [-0.1, -0.05) is 55.8 Å². The van der Waals surface area contributed by atoms with Crippen molar-refractivity contribution in [2.45, 2.75) is 52.0 Å². The maximum Gasteiger partial charge on any atom is 0.129 e. The Morgan fingerprint density at radius 3 is 2.68 bits per heavy atom. The predicted molar refractivity (Wildman–Crippen MR) is 94.0 cm³/mol. The Labute approximate surface area is 134 Å². The molecule has 0 unspecified atom stereocenters. The molecule has 3 nitrogen and oxygen atoms in total. The first-order chi connectivity index (χ1) is 10.8. The monoisotopic (exact) mass is 300 g/mol. The molecule has 1 fully saturated rings. The molecule has 1 aromatic carbocycles. The van der Waals surface area contributed by atoms with Crippen molar-refractivity contribution in [3.63, 3.8) is 0 Å². The van der Waals surface area contributed by atoms with Crippen LogP contribution in [0.15, 0.2) is 41.1 Å². The minimum Gasteiger partial charge on any atom is -0.394 e. The van der Waals surface area contributed by atoms with Crippen LogP contribution < -0.4 is 5.32 Å². The molecule has 0 atom stereocenters. The second-order valence-electron chi connectivity index (χ2n) is 6.12. The van der Waals surface area contributed by atoms with Gasteiger partial charge in [0.2, 0.25) is 0 Å². The topological polar surface area (TPSA) is 33.6 Å². The van der Waals surface area contributed by atoms with E-state index >= 15 is 0 Å². The molecule has 0 aromatic heterocycles. The Balaban J connectivity index is 1.99. The molecule has 0 radical (unpaired) electrons. The third-order valence-electron chi connectivity index (χ3n) is 3.79. The number of allylic oxidation sites excluding steroid dienone is 1. The lowest BCUT2D eigenvalue weighted by molar-refractivity contribution is 0.144. The molecule has 1 N–H and O–H groups in total. The molecule has 0 saturated heterocycles. The first-order valence-corrected chi connectivity index (χ1v) is 8.44. The summed E-state index contributed by atoms with van der Waals surface area (Å²) in [6.45, 7) is 5.74. The number of benzene rings is 1. The van der Waals surface area contributed by atoms with Crippen LogP contribution in [0.2, 0.25) is 0 Å². The normalized spacial score (nSPS) is 19.6. The highest BCUT2D eigenvalue weighted by atomic mass is 16.6. The number of hydrogen-bond acceptors (Lipinski definition) is 3. The molecule has 0 spiro atoms. The largest absolute Gasteiger partial charge is 0.394 e. The van der Waals surface area contributed by atoms with Gasteiger partial charge in [-0.15, -0.1) is 0 Å². The van der Waals surface area contributed by atoms with Gasteiger partial charge in [-0.3, -0.25) is 0 Å². The molecular formula is C19H28N2O. The Morgan fingerprint density at radius 1 is 1.14 bits per heavy atom. The van der Waals surface area contributed by atoms with Crippen LogP contribution in [-0.2, 0) is 4.84 Å². The highest BCUT2D eigenvalue weighted by Crippen LogP contribution is 2.23. The van der Waals surface area contributed by atoms with Crippen LogP contribution in [0.5, 0.6) is 0 Å². The van der Waals surface area contributed by atoms with Crippen LogP contribution in [0, 0.1) is 0 Å². The summed E-state index contributed by atoms with van der Waals surface area (Å²) in [6, 6.07) is 11.0. The van der Waals surface area contributed by atoms with Gasteiger partial charge in [0, 0.05) is 12.6 Å². The van der Waals surface area contributed by atoms with Crippen LogP contribution in [0.3, 0.4) is 0 Å². The number of oxime groups is 1. The Morgan fingerprint density at radius 2 is 1.91 bits per heavy atom. The van der Waals surface area contributed by atoms with E-state index in [1.807, 2.05) is 0 Å². The summed E-state index contributed by atoms with van der Waals surface area (Å²) in [6.07, 6.45) is 8.11. The number of nitrogens with one attached hydrogen (secondary N) is 1. The minimum absolute atomic E-state index is 0.489. The fourth-order valence-electron chi connectivity index (χ4n) is 2.62. The lowest BCUT2D eigenvalue weighted by Crippen LogP contribution is -2.26. The Bertz CT molecular complexity index is 491. The lowest BCUT2D eigenvalue weighted by atomic mass is 10.0. The summed E-state index contributed by atoms with van der Waals surface area (Å²) < 4.78 is 0. The molecule has 0 bridgehead atoms. The number of rotatable bonds is 6. The van der Waals surface area contributed by atoms with Crippen molar-refractivity contribution < 1.29 is 4.84 Å². The van der Waals surface area contributed by atoms with Crippen LogP contribution in [0.4, 0.5) is 0 Å². The van der Waals surface area contributed by atoms with E-state index in [1.54, 1.807) is 0 Å². The molecule has 1 saturated carbocycles. The molecule has 2 rings (SSSR count). The van der Waals surface area contributed by atoms with Crippen molar-refractivity contribution >= 4 is 11.8 Å². The van der Waals surface area contributed by atoms with E-state index in [0.717, 1.165) is 25.1 Å². The van der Waals surface area contributed by atoms with Crippen LogP contribution in [-0.4, -0.2) is 24.9 Å². The smallest absolute Gasteiger partial charge is 0.129 e. The van der Waals surface area contributed by atoms with E-state index < -0.39 is 0 Å². The summed E-state index contributed by atoms with van der Waals surface area (Å²) in [5.41, 5.74) is 3.71. The highest BCUT2D eigenvalue weighted by Gasteiger charge is 2.12. The average molecular weight is 300 g/mol. The van der Waals surface area contributed by atoms with Crippen molar-refractivity contribution in [3.8, 4) is 0 Å². The molecule has 1 aliphatic carbocycles. The first-order valence-electron chi connectivity index (χ1n) is 8.44. The second-order valence-corrected chi connectivity index (χ2v) is 6.12. The first kappa shape index (κ1) is 16.8. The molecule has 1 aliphatic rings. The van der Waals surface area contributed by atoms with E-state index in [1.165, 1.54) is 30.4 Å². The zero-order valence-corrected chi connectivity index (χ0v) is 13.8. The van der Waals surface area contributed by atoms with Gasteiger partial charge < -0.3 is 10.2 Å². The van der Waals surface area contributed by atoms with E-state index in [2.05, 4.69) is 60.7 Å². The van der Waals surface area contributed by atoms with Gasteiger partial charge in [0.15, 0.2) is 0 Å². The summed E-state index contributed by atoms with van der Waals surface area (Å²) in [5, 5.41) is 7.76.